The van der Waals surface area contributed by atoms with Gasteiger partial charge in [-0.25, -0.2) is 4.57 Å². The molecule has 0 fully saturated rings. The first-order valence-corrected chi connectivity index (χ1v) is 5.56. The zero-order valence-corrected chi connectivity index (χ0v) is 9.51. The van der Waals surface area contributed by atoms with Gasteiger partial charge in [-0.1, -0.05) is 17.1 Å². The molecule has 0 saturated heterocycles. The second-order valence-electron chi connectivity index (χ2n) is 4.06. The van der Waals surface area contributed by atoms with E-state index in [2.05, 4.69) is 58.4 Å². The number of para-hydroxylation sites is 2. The van der Waals surface area contributed by atoms with Crippen molar-refractivity contribution in [3.8, 4) is 0 Å². The molecule has 16 heavy (non-hydrogen) atoms. The quantitative estimate of drug-likeness (QED) is 0.566. The topological polar surface area (TPSA) is 21.2 Å². The lowest BCUT2D eigenvalue weighted by Crippen LogP contribution is -2.35. The summed E-state index contributed by atoms with van der Waals surface area (Å²) < 4.78 is 4.34. The second-order valence-corrected chi connectivity index (χ2v) is 4.06. The molecule has 0 radical (unpaired) electrons. The fourth-order valence-electron chi connectivity index (χ4n) is 2.13. The lowest BCUT2D eigenvalue weighted by Gasteiger charge is -1.99. The number of rotatable bonds is 1. The van der Waals surface area contributed by atoms with Crippen molar-refractivity contribution in [2.24, 2.45) is 0 Å². The largest absolute Gasteiger partial charge is 0.404 e. The monoisotopic (exact) mass is 212 g/mol. The molecule has 0 N–H and O–H groups in total. The number of nitrogens with zero attached hydrogens (tertiary/aromatic N) is 3. The number of imidazole rings is 1. The molecule has 0 spiro atoms. The maximum Gasteiger partial charge on any atom is 0.404 e. The molecule has 3 heteroatoms. The van der Waals surface area contributed by atoms with Crippen molar-refractivity contribution < 1.29 is 4.57 Å². The van der Waals surface area contributed by atoms with Crippen LogP contribution < -0.4 is 4.57 Å². The van der Waals surface area contributed by atoms with Gasteiger partial charge in [-0.15, -0.1) is 0 Å². The van der Waals surface area contributed by atoms with Crippen molar-refractivity contribution in [1.82, 2.24) is 9.38 Å². The Balaban J connectivity index is 2.54. The van der Waals surface area contributed by atoms with Crippen LogP contribution in [0.15, 0.2) is 36.7 Å². The summed E-state index contributed by atoms with van der Waals surface area (Å²) in [7, 11) is 0. The third kappa shape index (κ3) is 1.21. The number of aromatic nitrogens is 3. The molecule has 3 aromatic rings. The minimum Gasteiger partial charge on any atom is -0.235 e. The predicted octanol–water partition coefficient (Wildman–Crippen LogP) is 2.10. The Labute approximate surface area is 94.0 Å². The van der Waals surface area contributed by atoms with Crippen LogP contribution in [-0.4, -0.2) is 9.38 Å². The molecule has 0 aliphatic rings. The van der Waals surface area contributed by atoms with Gasteiger partial charge < -0.3 is 0 Å². The van der Waals surface area contributed by atoms with Crippen LogP contribution in [0, 0.1) is 6.92 Å². The van der Waals surface area contributed by atoms with Crippen LogP contribution in [0.3, 0.4) is 0 Å². The van der Waals surface area contributed by atoms with Gasteiger partial charge in [0.15, 0.2) is 5.52 Å². The molecule has 0 aliphatic carbocycles. The van der Waals surface area contributed by atoms with Crippen LogP contribution in [0.5, 0.6) is 0 Å². The van der Waals surface area contributed by atoms with Crippen LogP contribution in [0.2, 0.25) is 0 Å². The summed E-state index contributed by atoms with van der Waals surface area (Å²) in [4.78, 5) is 4.65. The van der Waals surface area contributed by atoms with Crippen molar-refractivity contribution in [3.63, 3.8) is 0 Å². The Hall–Kier alpha value is -1.90. The van der Waals surface area contributed by atoms with Gasteiger partial charge in [-0.05, 0) is 26.0 Å². The van der Waals surface area contributed by atoms with E-state index < -0.39 is 0 Å². The molecule has 2 aromatic heterocycles. The SMILES string of the molecule is CC[n+]1cc(C)cn2c3ccccc3nc21. The summed E-state index contributed by atoms with van der Waals surface area (Å²) in [5, 5.41) is 0. The lowest BCUT2D eigenvalue weighted by atomic mass is 10.3. The van der Waals surface area contributed by atoms with Crippen molar-refractivity contribution in [2.45, 2.75) is 20.4 Å². The third-order valence-electron chi connectivity index (χ3n) is 2.87. The fourth-order valence-corrected chi connectivity index (χ4v) is 2.13. The standard InChI is InChI=1S/C13H14N3/c1-3-15-8-10(2)9-16-12-7-5-4-6-11(12)14-13(15)16/h4-9H,3H2,1-2H3/q+1. The average molecular weight is 212 g/mol. The van der Waals surface area contributed by atoms with Gasteiger partial charge in [0.1, 0.15) is 5.52 Å². The molecule has 0 atom stereocenters. The predicted molar refractivity (Wildman–Crippen MR) is 63.3 cm³/mol. The fraction of sp³-hybridized carbons (Fsp3) is 0.231. The average Bonchev–Trinajstić information content (AvgIpc) is 2.67. The van der Waals surface area contributed by atoms with Gasteiger partial charge in [0.2, 0.25) is 0 Å². The van der Waals surface area contributed by atoms with Crippen molar-refractivity contribution in [3.05, 3.63) is 42.2 Å². The zero-order valence-electron chi connectivity index (χ0n) is 9.51. The smallest absolute Gasteiger partial charge is 0.235 e. The molecule has 0 unspecified atom stereocenters. The van der Waals surface area contributed by atoms with Crippen LogP contribution >= 0.6 is 0 Å². The second kappa shape index (κ2) is 3.30. The first-order chi connectivity index (χ1) is 7.79. The van der Waals surface area contributed by atoms with E-state index in [1.54, 1.807) is 0 Å². The minimum absolute atomic E-state index is 0.939. The van der Waals surface area contributed by atoms with Crippen molar-refractivity contribution >= 4 is 16.8 Å². The maximum absolute atomic E-state index is 4.65. The van der Waals surface area contributed by atoms with E-state index in [0.29, 0.717) is 0 Å². The molecule has 0 aliphatic heterocycles. The molecular formula is C13H14N3+. The van der Waals surface area contributed by atoms with Gasteiger partial charge in [0.25, 0.3) is 0 Å². The summed E-state index contributed by atoms with van der Waals surface area (Å²) in [6.45, 7) is 5.19. The first-order valence-electron chi connectivity index (χ1n) is 5.56. The summed E-state index contributed by atoms with van der Waals surface area (Å²) in [6.07, 6.45) is 4.28. The van der Waals surface area contributed by atoms with E-state index in [1.807, 2.05) is 6.07 Å². The highest BCUT2D eigenvalue weighted by molar-refractivity contribution is 5.78. The number of hydrogen-bond acceptors (Lipinski definition) is 1. The first kappa shape index (κ1) is 9.33. The highest BCUT2D eigenvalue weighted by Crippen LogP contribution is 2.14. The molecule has 2 heterocycles. The van der Waals surface area contributed by atoms with E-state index in [9.17, 15) is 0 Å². The van der Waals surface area contributed by atoms with E-state index in [4.69, 9.17) is 0 Å². The molecule has 0 bridgehead atoms. The molecular weight excluding hydrogens is 198 g/mol. The lowest BCUT2D eigenvalue weighted by molar-refractivity contribution is -0.673. The Morgan fingerprint density at radius 2 is 2.12 bits per heavy atom. The Morgan fingerprint density at radius 3 is 2.94 bits per heavy atom. The highest BCUT2D eigenvalue weighted by atomic mass is 15.2. The summed E-state index contributed by atoms with van der Waals surface area (Å²) >= 11 is 0. The Bertz CT molecular complexity index is 667. The molecule has 0 amide bonds. The van der Waals surface area contributed by atoms with Crippen LogP contribution in [0.1, 0.15) is 12.5 Å². The van der Waals surface area contributed by atoms with E-state index in [-0.39, 0.29) is 0 Å². The number of aryl methyl sites for hydroxylation is 2. The normalized spacial score (nSPS) is 11.4. The van der Waals surface area contributed by atoms with Gasteiger partial charge >= 0.3 is 5.78 Å². The van der Waals surface area contributed by atoms with Crippen LogP contribution in [0.25, 0.3) is 16.8 Å². The maximum atomic E-state index is 4.65. The molecule has 1 aromatic carbocycles. The van der Waals surface area contributed by atoms with Gasteiger partial charge in [0, 0.05) is 5.56 Å². The van der Waals surface area contributed by atoms with Crippen LogP contribution in [0.4, 0.5) is 0 Å². The Morgan fingerprint density at radius 1 is 1.31 bits per heavy atom. The van der Waals surface area contributed by atoms with Crippen molar-refractivity contribution in [2.75, 3.05) is 0 Å². The number of benzene rings is 1. The molecule has 80 valence electrons. The van der Waals surface area contributed by atoms with E-state index in [0.717, 1.165) is 17.8 Å². The van der Waals surface area contributed by atoms with Gasteiger partial charge in [0.05, 0.1) is 18.9 Å². The molecule has 3 rings (SSSR count). The number of hydrogen-bond donors (Lipinski definition) is 0. The van der Waals surface area contributed by atoms with E-state index >= 15 is 0 Å². The molecule has 0 saturated carbocycles. The Kier molecular flexibility index (Phi) is 1.93. The van der Waals surface area contributed by atoms with E-state index in [1.165, 1.54) is 11.1 Å². The van der Waals surface area contributed by atoms with Gasteiger partial charge in [-0.2, -0.15) is 4.40 Å². The summed E-state index contributed by atoms with van der Waals surface area (Å²) in [5.74, 6) is 1.01. The highest BCUT2D eigenvalue weighted by Gasteiger charge is 2.15. The number of fused-ring (bicyclic) bond motifs is 3. The molecule has 3 nitrogen and oxygen atoms in total. The third-order valence-corrected chi connectivity index (χ3v) is 2.87. The summed E-state index contributed by atoms with van der Waals surface area (Å²) in [6, 6.07) is 8.24. The zero-order chi connectivity index (χ0) is 11.1. The van der Waals surface area contributed by atoms with Gasteiger partial charge in [-0.3, -0.25) is 0 Å². The summed E-state index contributed by atoms with van der Waals surface area (Å²) in [5.41, 5.74) is 3.47. The van der Waals surface area contributed by atoms with Crippen molar-refractivity contribution in [1.29, 1.82) is 0 Å². The van der Waals surface area contributed by atoms with Crippen LogP contribution in [-0.2, 0) is 6.54 Å². The minimum atomic E-state index is 0.939.